The molecule has 1 aliphatic carbocycles. The van der Waals surface area contributed by atoms with Gasteiger partial charge in [0.05, 0.1) is 0 Å². The van der Waals surface area contributed by atoms with E-state index in [4.69, 9.17) is 4.74 Å². The van der Waals surface area contributed by atoms with E-state index in [0.29, 0.717) is 30.2 Å². The summed E-state index contributed by atoms with van der Waals surface area (Å²) in [6.07, 6.45) is 1.84. The third-order valence-electron chi connectivity index (χ3n) is 5.94. The van der Waals surface area contributed by atoms with Crippen LogP contribution >= 0.6 is 0 Å². The van der Waals surface area contributed by atoms with E-state index in [0.717, 1.165) is 18.4 Å². The van der Waals surface area contributed by atoms with Gasteiger partial charge >= 0.3 is 0 Å². The fraction of sp³-hybridized carbons (Fsp3) is 0.240. The molecule has 1 saturated heterocycles. The van der Waals surface area contributed by atoms with Crippen LogP contribution in [0.4, 0.5) is 8.78 Å². The van der Waals surface area contributed by atoms with Gasteiger partial charge in [-0.25, -0.2) is 8.78 Å². The second kappa shape index (κ2) is 8.12. The molecule has 3 aromatic rings. The molecule has 0 saturated carbocycles. The van der Waals surface area contributed by atoms with E-state index in [-0.39, 0.29) is 29.6 Å². The summed E-state index contributed by atoms with van der Waals surface area (Å²) < 4.78 is 32.1. The number of halogens is 2. The van der Waals surface area contributed by atoms with E-state index in [1.54, 1.807) is 42.5 Å². The number of carbonyl (C=O) groups is 1. The van der Waals surface area contributed by atoms with Crippen molar-refractivity contribution < 1.29 is 18.3 Å². The average Bonchev–Trinajstić information content (AvgIpc) is 3.14. The van der Waals surface area contributed by atoms with Gasteiger partial charge < -0.3 is 15.0 Å². The lowest BCUT2D eigenvalue weighted by Gasteiger charge is -2.41. The molecule has 4 nitrogen and oxygen atoms in total. The number of nitrogens with zero attached hydrogens (tertiary/aromatic N) is 1. The van der Waals surface area contributed by atoms with E-state index < -0.39 is 0 Å². The normalized spacial score (nSPS) is 17.9. The molecule has 1 amide bonds. The highest BCUT2D eigenvalue weighted by atomic mass is 19.1. The van der Waals surface area contributed by atoms with Crippen LogP contribution in [-0.2, 0) is 6.42 Å². The highest BCUT2D eigenvalue weighted by Crippen LogP contribution is 2.32. The summed E-state index contributed by atoms with van der Waals surface area (Å²) in [6.45, 7) is 1.30. The molecular weight excluding hydrogens is 398 g/mol. The van der Waals surface area contributed by atoms with Crippen molar-refractivity contribution in [3.63, 3.8) is 0 Å². The van der Waals surface area contributed by atoms with Gasteiger partial charge in [-0.05, 0) is 84.6 Å². The first kappa shape index (κ1) is 19.7. The van der Waals surface area contributed by atoms with Gasteiger partial charge in [0.2, 0.25) is 0 Å². The third-order valence-corrected chi connectivity index (χ3v) is 5.94. The highest BCUT2D eigenvalue weighted by Gasteiger charge is 2.34. The second-order valence-corrected chi connectivity index (χ2v) is 8.09. The minimum atomic E-state index is -0.318. The number of carbonyl (C=O) groups excluding carboxylic acids is 1. The van der Waals surface area contributed by atoms with Crippen LogP contribution in [0.5, 0.6) is 11.5 Å². The molecule has 2 aliphatic rings. The summed E-state index contributed by atoms with van der Waals surface area (Å²) in [5.41, 5.74) is 2.85. The number of benzene rings is 3. The van der Waals surface area contributed by atoms with Gasteiger partial charge in [0.15, 0.2) is 0 Å². The van der Waals surface area contributed by atoms with Gasteiger partial charge in [0.1, 0.15) is 23.1 Å². The van der Waals surface area contributed by atoms with Crippen molar-refractivity contribution in [1.29, 1.82) is 0 Å². The molecule has 158 valence electrons. The number of fused-ring (bicyclic) bond motifs is 1. The standard InChI is InChI=1S/C25H22F2N2O2/c26-18-4-9-22(10-5-18)31-21-7-1-16(2-8-21)25(30)29-14-20(15-29)28-24-12-3-17-13-19(27)6-11-23(17)24/h1-2,4-11,13,20,24,28H,3,12,14-15H2. The zero-order valence-corrected chi connectivity index (χ0v) is 16.9. The summed E-state index contributed by atoms with van der Waals surface area (Å²) in [5, 5.41) is 3.60. The molecule has 5 rings (SSSR count). The number of hydrogen-bond acceptors (Lipinski definition) is 3. The smallest absolute Gasteiger partial charge is 0.253 e. The summed E-state index contributed by atoms with van der Waals surface area (Å²) >= 11 is 0. The summed E-state index contributed by atoms with van der Waals surface area (Å²) in [7, 11) is 0. The van der Waals surface area contributed by atoms with Crippen molar-refractivity contribution >= 4 is 5.91 Å². The van der Waals surface area contributed by atoms with Crippen LogP contribution < -0.4 is 10.1 Å². The maximum absolute atomic E-state index is 13.4. The molecule has 31 heavy (non-hydrogen) atoms. The van der Waals surface area contributed by atoms with Crippen LogP contribution in [0.2, 0.25) is 0 Å². The molecule has 1 atom stereocenters. The van der Waals surface area contributed by atoms with E-state index >= 15 is 0 Å². The molecule has 0 bridgehead atoms. The zero-order chi connectivity index (χ0) is 21.4. The van der Waals surface area contributed by atoms with Crippen molar-refractivity contribution in [1.82, 2.24) is 10.2 Å². The Kier molecular flexibility index (Phi) is 5.16. The van der Waals surface area contributed by atoms with E-state index in [1.165, 1.54) is 23.8 Å². The first-order valence-electron chi connectivity index (χ1n) is 10.4. The zero-order valence-electron chi connectivity index (χ0n) is 16.9. The third kappa shape index (κ3) is 4.16. The average molecular weight is 420 g/mol. The molecule has 1 heterocycles. The lowest BCUT2D eigenvalue weighted by molar-refractivity contribution is 0.0552. The fourth-order valence-corrected chi connectivity index (χ4v) is 4.28. The van der Waals surface area contributed by atoms with E-state index in [9.17, 15) is 13.6 Å². The van der Waals surface area contributed by atoms with Crippen LogP contribution in [-0.4, -0.2) is 29.9 Å². The summed E-state index contributed by atoms with van der Waals surface area (Å²) in [4.78, 5) is 14.5. The van der Waals surface area contributed by atoms with Crippen LogP contribution in [0, 0.1) is 11.6 Å². The van der Waals surface area contributed by atoms with Crippen molar-refractivity contribution in [2.24, 2.45) is 0 Å². The summed E-state index contributed by atoms with van der Waals surface area (Å²) in [6, 6.07) is 18.2. The SMILES string of the molecule is O=C(c1ccc(Oc2ccc(F)cc2)cc1)N1CC(NC2CCc3cc(F)ccc32)C1. The highest BCUT2D eigenvalue weighted by molar-refractivity contribution is 5.95. The van der Waals surface area contributed by atoms with Gasteiger partial charge in [0.25, 0.3) is 5.91 Å². The number of aryl methyl sites for hydroxylation is 1. The van der Waals surface area contributed by atoms with Gasteiger partial charge in [-0.1, -0.05) is 6.07 Å². The fourth-order valence-electron chi connectivity index (χ4n) is 4.28. The molecule has 6 heteroatoms. The van der Waals surface area contributed by atoms with Crippen LogP contribution in [0.15, 0.2) is 66.7 Å². The number of nitrogens with one attached hydrogen (secondary N) is 1. The molecule has 1 aliphatic heterocycles. The molecule has 0 radical (unpaired) electrons. The van der Waals surface area contributed by atoms with Crippen LogP contribution in [0.25, 0.3) is 0 Å². The quantitative estimate of drug-likeness (QED) is 0.641. The Hall–Kier alpha value is -3.25. The maximum Gasteiger partial charge on any atom is 0.253 e. The number of ether oxygens (including phenoxy) is 1. The lowest BCUT2D eigenvalue weighted by Crippen LogP contribution is -2.60. The maximum atomic E-state index is 13.4. The molecule has 3 aromatic carbocycles. The number of rotatable bonds is 5. The van der Waals surface area contributed by atoms with Crippen molar-refractivity contribution in [3.05, 3.63) is 95.1 Å². The Balaban J connectivity index is 1.14. The predicted molar refractivity (Wildman–Crippen MR) is 113 cm³/mol. The van der Waals surface area contributed by atoms with Crippen molar-refractivity contribution in [2.75, 3.05) is 13.1 Å². The van der Waals surface area contributed by atoms with Crippen LogP contribution in [0.3, 0.4) is 0 Å². The Morgan fingerprint density at radius 1 is 0.903 bits per heavy atom. The Morgan fingerprint density at radius 3 is 2.26 bits per heavy atom. The minimum absolute atomic E-state index is 0.0136. The van der Waals surface area contributed by atoms with Gasteiger partial charge in [-0.3, -0.25) is 4.79 Å². The van der Waals surface area contributed by atoms with E-state index in [1.807, 2.05) is 11.0 Å². The number of amides is 1. The molecule has 0 spiro atoms. The monoisotopic (exact) mass is 420 g/mol. The largest absolute Gasteiger partial charge is 0.457 e. The Morgan fingerprint density at radius 2 is 1.55 bits per heavy atom. The Bertz CT molecular complexity index is 1090. The summed E-state index contributed by atoms with van der Waals surface area (Å²) in [5.74, 6) is 0.604. The second-order valence-electron chi connectivity index (χ2n) is 8.09. The Labute approximate surface area is 179 Å². The predicted octanol–water partition coefficient (Wildman–Crippen LogP) is 4.86. The molecule has 1 fully saturated rings. The van der Waals surface area contributed by atoms with Gasteiger partial charge in [0, 0.05) is 30.7 Å². The van der Waals surface area contributed by atoms with Crippen molar-refractivity contribution in [3.8, 4) is 11.5 Å². The minimum Gasteiger partial charge on any atom is -0.457 e. The van der Waals surface area contributed by atoms with E-state index in [2.05, 4.69) is 5.32 Å². The van der Waals surface area contributed by atoms with Gasteiger partial charge in [-0.15, -0.1) is 0 Å². The molecular formula is C25H22F2N2O2. The first-order chi connectivity index (χ1) is 15.0. The first-order valence-corrected chi connectivity index (χ1v) is 10.4. The number of hydrogen-bond donors (Lipinski definition) is 1. The topological polar surface area (TPSA) is 41.6 Å². The van der Waals surface area contributed by atoms with Crippen LogP contribution in [0.1, 0.15) is 33.9 Å². The molecule has 1 unspecified atom stereocenters. The molecule has 0 aromatic heterocycles. The van der Waals surface area contributed by atoms with Gasteiger partial charge in [-0.2, -0.15) is 0 Å². The van der Waals surface area contributed by atoms with Crippen molar-refractivity contribution in [2.45, 2.75) is 24.9 Å². The molecule has 1 N–H and O–H groups in total. The number of likely N-dealkylation sites (tertiary alicyclic amines) is 1. The lowest BCUT2D eigenvalue weighted by atomic mass is 10.0.